The Hall–Kier alpha value is -2.51. The molecule has 0 spiro atoms. The monoisotopic (exact) mass is 267 g/mol. The number of carbonyl (C=O) groups excluding carboxylic acids is 1. The van der Waals surface area contributed by atoms with Crippen LogP contribution in [-0.2, 0) is 7.05 Å². The largest absolute Gasteiger partial charge is 0.347 e. The fourth-order valence-electron chi connectivity index (χ4n) is 1.97. The van der Waals surface area contributed by atoms with Gasteiger partial charge in [-0.15, -0.1) is 0 Å². The van der Waals surface area contributed by atoms with Gasteiger partial charge in [-0.05, 0) is 42.8 Å². The van der Waals surface area contributed by atoms with Crippen LogP contribution in [0.5, 0.6) is 0 Å². The van der Waals surface area contributed by atoms with Gasteiger partial charge in [0.15, 0.2) is 0 Å². The topological polar surface area (TPSA) is 60.0 Å². The summed E-state index contributed by atoms with van der Waals surface area (Å²) >= 11 is 0. The molecule has 1 aromatic carbocycles. The standard InChI is InChI=1S/C16H17N3O/c1-12-9-13(5-3-7-17)11-14(10-12)18-16(20)15-6-4-8-19(15)2/h4,6,8-11H,7,17H2,1-2H3,(H,18,20). The number of anilines is 1. The van der Waals surface area contributed by atoms with Crippen LogP contribution in [0, 0.1) is 18.8 Å². The van der Waals surface area contributed by atoms with Gasteiger partial charge in [-0.3, -0.25) is 4.79 Å². The first-order chi connectivity index (χ1) is 9.60. The molecule has 20 heavy (non-hydrogen) atoms. The molecule has 1 amide bonds. The van der Waals surface area contributed by atoms with Crippen molar-refractivity contribution in [3.63, 3.8) is 0 Å². The molecule has 0 aliphatic heterocycles. The van der Waals surface area contributed by atoms with Gasteiger partial charge in [0.05, 0.1) is 6.54 Å². The van der Waals surface area contributed by atoms with Crippen LogP contribution in [0.4, 0.5) is 5.69 Å². The Balaban J connectivity index is 2.23. The van der Waals surface area contributed by atoms with Crippen LogP contribution in [0.1, 0.15) is 21.6 Å². The van der Waals surface area contributed by atoms with Crippen LogP contribution in [0.25, 0.3) is 0 Å². The second kappa shape index (κ2) is 6.09. The molecule has 0 aliphatic rings. The number of nitrogens with zero attached hydrogens (tertiary/aromatic N) is 1. The maximum Gasteiger partial charge on any atom is 0.272 e. The van der Waals surface area contributed by atoms with Gasteiger partial charge in [-0.1, -0.05) is 11.8 Å². The minimum absolute atomic E-state index is 0.138. The molecule has 4 nitrogen and oxygen atoms in total. The molecule has 2 aromatic rings. The zero-order valence-corrected chi connectivity index (χ0v) is 11.6. The average molecular weight is 267 g/mol. The maximum atomic E-state index is 12.1. The van der Waals surface area contributed by atoms with Crippen LogP contribution in [0.3, 0.4) is 0 Å². The molecule has 0 atom stereocenters. The Morgan fingerprint density at radius 3 is 2.85 bits per heavy atom. The van der Waals surface area contributed by atoms with Crippen molar-refractivity contribution in [3.05, 3.63) is 53.3 Å². The molecule has 0 saturated carbocycles. The summed E-state index contributed by atoms with van der Waals surface area (Å²) in [4.78, 5) is 12.1. The number of aryl methyl sites for hydroxylation is 2. The van der Waals surface area contributed by atoms with Gasteiger partial charge in [0.25, 0.3) is 5.91 Å². The first kappa shape index (κ1) is 13.9. The van der Waals surface area contributed by atoms with Crippen LogP contribution < -0.4 is 11.1 Å². The van der Waals surface area contributed by atoms with E-state index in [4.69, 9.17) is 5.73 Å². The van der Waals surface area contributed by atoms with E-state index in [1.807, 2.05) is 44.4 Å². The Bertz CT molecular complexity index is 689. The third kappa shape index (κ3) is 3.28. The molecule has 0 aliphatic carbocycles. The molecule has 2 rings (SSSR count). The molecule has 1 aromatic heterocycles. The number of hydrogen-bond donors (Lipinski definition) is 2. The number of rotatable bonds is 2. The van der Waals surface area contributed by atoms with Crippen LogP contribution in [0.2, 0.25) is 0 Å². The molecule has 0 saturated heterocycles. The van der Waals surface area contributed by atoms with E-state index in [0.29, 0.717) is 12.2 Å². The van der Waals surface area contributed by atoms with E-state index < -0.39 is 0 Å². The number of nitrogens with two attached hydrogens (primary N) is 1. The van der Waals surface area contributed by atoms with Gasteiger partial charge >= 0.3 is 0 Å². The molecule has 4 heteroatoms. The first-order valence-corrected chi connectivity index (χ1v) is 6.33. The first-order valence-electron chi connectivity index (χ1n) is 6.33. The fourth-order valence-corrected chi connectivity index (χ4v) is 1.97. The summed E-state index contributed by atoms with van der Waals surface area (Å²) in [6, 6.07) is 9.33. The minimum Gasteiger partial charge on any atom is -0.347 e. The smallest absolute Gasteiger partial charge is 0.272 e. The average Bonchev–Trinajstić information content (AvgIpc) is 2.82. The van der Waals surface area contributed by atoms with E-state index in [0.717, 1.165) is 16.8 Å². The van der Waals surface area contributed by atoms with E-state index in [9.17, 15) is 4.79 Å². The maximum absolute atomic E-state index is 12.1. The van der Waals surface area contributed by atoms with Gasteiger partial charge in [-0.25, -0.2) is 0 Å². The Morgan fingerprint density at radius 1 is 1.40 bits per heavy atom. The summed E-state index contributed by atoms with van der Waals surface area (Å²) in [6.07, 6.45) is 1.84. The molecule has 0 unspecified atom stereocenters. The predicted octanol–water partition coefficient (Wildman–Crippen LogP) is 1.90. The van der Waals surface area contributed by atoms with Crippen LogP contribution in [-0.4, -0.2) is 17.0 Å². The van der Waals surface area contributed by atoms with Crippen LogP contribution in [0.15, 0.2) is 36.5 Å². The number of hydrogen-bond acceptors (Lipinski definition) is 2. The van der Waals surface area contributed by atoms with Gasteiger partial charge in [0, 0.05) is 24.5 Å². The summed E-state index contributed by atoms with van der Waals surface area (Å²) in [5.74, 6) is 5.65. The SMILES string of the molecule is Cc1cc(C#CCN)cc(NC(=O)c2cccn2C)c1. The quantitative estimate of drug-likeness (QED) is 0.816. The van der Waals surface area contributed by atoms with Crippen molar-refractivity contribution in [2.24, 2.45) is 12.8 Å². The normalized spacial score (nSPS) is 9.75. The summed E-state index contributed by atoms with van der Waals surface area (Å²) in [6.45, 7) is 2.28. The number of amides is 1. The molecule has 0 bridgehead atoms. The molecule has 0 fully saturated rings. The molecule has 1 heterocycles. The van der Waals surface area contributed by atoms with E-state index in [-0.39, 0.29) is 5.91 Å². The number of aromatic nitrogens is 1. The molecule has 0 radical (unpaired) electrons. The van der Waals surface area contributed by atoms with Gasteiger partial charge < -0.3 is 15.6 Å². The van der Waals surface area contributed by atoms with Crippen molar-refractivity contribution in [1.82, 2.24) is 4.57 Å². The Kier molecular flexibility index (Phi) is 4.24. The lowest BCUT2D eigenvalue weighted by Gasteiger charge is -2.08. The third-order valence-corrected chi connectivity index (χ3v) is 2.85. The van der Waals surface area contributed by atoms with Gasteiger partial charge in [-0.2, -0.15) is 0 Å². The van der Waals surface area contributed by atoms with E-state index in [1.165, 1.54) is 0 Å². The van der Waals surface area contributed by atoms with Crippen molar-refractivity contribution >= 4 is 11.6 Å². The molecular weight excluding hydrogens is 250 g/mol. The van der Waals surface area contributed by atoms with Crippen molar-refractivity contribution in [2.45, 2.75) is 6.92 Å². The van der Waals surface area contributed by atoms with Crippen molar-refractivity contribution in [3.8, 4) is 11.8 Å². The lowest BCUT2D eigenvalue weighted by Crippen LogP contribution is -2.15. The summed E-state index contributed by atoms with van der Waals surface area (Å²) in [5.41, 5.74) is 8.60. The fraction of sp³-hybridized carbons (Fsp3) is 0.188. The highest BCUT2D eigenvalue weighted by molar-refractivity contribution is 6.03. The van der Waals surface area contributed by atoms with E-state index >= 15 is 0 Å². The summed E-state index contributed by atoms with van der Waals surface area (Å²) in [5, 5.41) is 2.88. The lowest BCUT2D eigenvalue weighted by molar-refractivity contribution is 0.101. The van der Waals surface area contributed by atoms with Crippen LogP contribution >= 0.6 is 0 Å². The van der Waals surface area contributed by atoms with Crippen molar-refractivity contribution in [2.75, 3.05) is 11.9 Å². The highest BCUT2D eigenvalue weighted by atomic mass is 16.1. The highest BCUT2D eigenvalue weighted by Crippen LogP contribution is 2.15. The second-order valence-corrected chi connectivity index (χ2v) is 4.55. The molecular formula is C16H17N3O. The second-order valence-electron chi connectivity index (χ2n) is 4.55. The molecule has 102 valence electrons. The third-order valence-electron chi connectivity index (χ3n) is 2.85. The number of nitrogens with one attached hydrogen (secondary N) is 1. The minimum atomic E-state index is -0.138. The lowest BCUT2D eigenvalue weighted by atomic mass is 10.1. The van der Waals surface area contributed by atoms with Gasteiger partial charge in [0.2, 0.25) is 0 Å². The number of carbonyl (C=O) groups is 1. The summed E-state index contributed by atoms with van der Waals surface area (Å²) < 4.78 is 1.78. The Labute approximate surface area is 118 Å². The zero-order valence-electron chi connectivity index (χ0n) is 11.6. The van der Waals surface area contributed by atoms with Gasteiger partial charge in [0.1, 0.15) is 5.69 Å². The Morgan fingerprint density at radius 2 is 2.20 bits per heavy atom. The number of benzene rings is 1. The van der Waals surface area contributed by atoms with E-state index in [2.05, 4.69) is 17.2 Å². The zero-order chi connectivity index (χ0) is 14.5. The predicted molar refractivity (Wildman–Crippen MR) is 80.5 cm³/mol. The highest BCUT2D eigenvalue weighted by Gasteiger charge is 2.09. The summed E-state index contributed by atoms with van der Waals surface area (Å²) in [7, 11) is 1.84. The van der Waals surface area contributed by atoms with Crippen molar-refractivity contribution in [1.29, 1.82) is 0 Å². The molecule has 3 N–H and O–H groups in total. The van der Waals surface area contributed by atoms with E-state index in [1.54, 1.807) is 10.6 Å². The van der Waals surface area contributed by atoms with Crippen molar-refractivity contribution < 1.29 is 4.79 Å².